The number of hydrogen-bond donors (Lipinski definition) is 1. The molecule has 0 atom stereocenters. The summed E-state index contributed by atoms with van der Waals surface area (Å²) in [7, 11) is -3.42. The molecule has 1 aliphatic rings. The number of hydrogen-bond acceptors (Lipinski definition) is 5. The average Bonchev–Trinajstić information content (AvgIpc) is 3.02. The minimum atomic E-state index is -3.42. The van der Waals surface area contributed by atoms with E-state index in [1.807, 2.05) is 30.3 Å². The number of sulfone groups is 1. The quantitative estimate of drug-likeness (QED) is 0.584. The van der Waals surface area contributed by atoms with Crippen molar-refractivity contribution in [3.63, 3.8) is 0 Å². The highest BCUT2D eigenvalue weighted by Gasteiger charge is 2.35. The Kier molecular flexibility index (Phi) is 5.63. The first-order valence-corrected chi connectivity index (χ1v) is 11.8. The predicted molar refractivity (Wildman–Crippen MR) is 119 cm³/mol. The minimum absolute atomic E-state index is 0.0825. The SMILES string of the molecule is CS(=O)(=O)c1cccc(NC(=O)c2ccc3c(c2)C(=O)N(CCc2ccccc2)C3=O)c1. The average molecular weight is 449 g/mol. The fourth-order valence-electron chi connectivity index (χ4n) is 3.53. The lowest BCUT2D eigenvalue weighted by Crippen LogP contribution is -2.31. The largest absolute Gasteiger partial charge is 0.322 e. The van der Waals surface area contributed by atoms with Crippen LogP contribution in [0.25, 0.3) is 0 Å². The second-order valence-electron chi connectivity index (χ2n) is 7.51. The third-order valence-electron chi connectivity index (χ3n) is 5.22. The molecule has 0 spiro atoms. The molecule has 4 rings (SSSR count). The van der Waals surface area contributed by atoms with Crippen molar-refractivity contribution in [2.75, 3.05) is 18.1 Å². The van der Waals surface area contributed by atoms with Crippen LogP contribution in [0, 0.1) is 0 Å². The van der Waals surface area contributed by atoms with E-state index in [-0.39, 0.29) is 34.0 Å². The van der Waals surface area contributed by atoms with Crippen molar-refractivity contribution in [1.29, 1.82) is 0 Å². The van der Waals surface area contributed by atoms with Crippen LogP contribution >= 0.6 is 0 Å². The summed E-state index contributed by atoms with van der Waals surface area (Å²) >= 11 is 0. The van der Waals surface area contributed by atoms with Gasteiger partial charge in [-0.1, -0.05) is 36.4 Å². The van der Waals surface area contributed by atoms with E-state index >= 15 is 0 Å². The molecule has 3 aromatic carbocycles. The van der Waals surface area contributed by atoms with Gasteiger partial charge >= 0.3 is 0 Å². The summed E-state index contributed by atoms with van der Waals surface area (Å²) in [5.41, 5.74) is 1.96. The summed E-state index contributed by atoms with van der Waals surface area (Å²) in [6.45, 7) is 0.246. The highest BCUT2D eigenvalue weighted by molar-refractivity contribution is 7.90. The van der Waals surface area contributed by atoms with Crippen LogP contribution in [0.1, 0.15) is 36.6 Å². The number of benzene rings is 3. The molecule has 3 amide bonds. The maximum Gasteiger partial charge on any atom is 0.261 e. The fraction of sp³-hybridized carbons (Fsp3) is 0.125. The number of anilines is 1. The van der Waals surface area contributed by atoms with Crippen molar-refractivity contribution in [1.82, 2.24) is 4.90 Å². The highest BCUT2D eigenvalue weighted by Crippen LogP contribution is 2.25. The number of nitrogens with zero attached hydrogens (tertiary/aromatic N) is 1. The third kappa shape index (κ3) is 4.31. The molecule has 0 fully saturated rings. The van der Waals surface area contributed by atoms with E-state index in [1.165, 1.54) is 41.3 Å². The Morgan fingerprint density at radius 2 is 1.59 bits per heavy atom. The zero-order valence-electron chi connectivity index (χ0n) is 17.2. The second kappa shape index (κ2) is 8.39. The summed E-state index contributed by atoms with van der Waals surface area (Å²) < 4.78 is 23.4. The topological polar surface area (TPSA) is 101 Å². The lowest BCUT2D eigenvalue weighted by molar-refractivity contribution is 0.0656. The summed E-state index contributed by atoms with van der Waals surface area (Å²) in [5, 5.41) is 2.63. The number of nitrogens with one attached hydrogen (secondary N) is 1. The van der Waals surface area contributed by atoms with Crippen LogP contribution in [0.5, 0.6) is 0 Å². The lowest BCUT2D eigenvalue weighted by atomic mass is 10.1. The number of imide groups is 1. The first kappa shape index (κ1) is 21.5. The van der Waals surface area contributed by atoms with Gasteiger partial charge in [0.1, 0.15) is 0 Å². The molecule has 0 unspecified atom stereocenters. The molecule has 8 heteroatoms. The van der Waals surface area contributed by atoms with Gasteiger partial charge in [0.2, 0.25) is 0 Å². The van der Waals surface area contributed by atoms with E-state index in [4.69, 9.17) is 0 Å². The van der Waals surface area contributed by atoms with E-state index in [9.17, 15) is 22.8 Å². The highest BCUT2D eigenvalue weighted by atomic mass is 32.2. The molecule has 0 aliphatic carbocycles. The third-order valence-corrected chi connectivity index (χ3v) is 6.33. The van der Waals surface area contributed by atoms with Crippen molar-refractivity contribution in [3.05, 3.63) is 95.1 Å². The molecule has 7 nitrogen and oxygen atoms in total. The summed E-state index contributed by atoms with van der Waals surface area (Å²) in [4.78, 5) is 39.5. The Labute approximate surface area is 185 Å². The molecule has 0 saturated carbocycles. The monoisotopic (exact) mass is 448 g/mol. The van der Waals surface area contributed by atoms with Crippen LogP contribution in [-0.4, -0.2) is 43.8 Å². The van der Waals surface area contributed by atoms with Crippen molar-refractivity contribution >= 4 is 33.2 Å². The van der Waals surface area contributed by atoms with Crippen molar-refractivity contribution in [2.45, 2.75) is 11.3 Å². The minimum Gasteiger partial charge on any atom is -0.322 e. The van der Waals surface area contributed by atoms with E-state index in [0.717, 1.165) is 11.8 Å². The first-order valence-electron chi connectivity index (χ1n) is 9.90. The van der Waals surface area contributed by atoms with Gasteiger partial charge in [-0.05, 0) is 48.4 Å². The number of amides is 3. The summed E-state index contributed by atoms with van der Waals surface area (Å²) in [6, 6.07) is 19.8. The maximum atomic E-state index is 12.8. The fourth-order valence-corrected chi connectivity index (χ4v) is 4.20. The van der Waals surface area contributed by atoms with Gasteiger partial charge in [-0.15, -0.1) is 0 Å². The molecular weight excluding hydrogens is 428 g/mol. The number of fused-ring (bicyclic) bond motifs is 1. The van der Waals surface area contributed by atoms with Gasteiger partial charge in [-0.2, -0.15) is 0 Å². The van der Waals surface area contributed by atoms with Crippen LogP contribution in [-0.2, 0) is 16.3 Å². The van der Waals surface area contributed by atoms with E-state index in [1.54, 1.807) is 6.07 Å². The zero-order valence-corrected chi connectivity index (χ0v) is 18.1. The van der Waals surface area contributed by atoms with Gasteiger partial charge in [0, 0.05) is 24.1 Å². The Hall–Kier alpha value is -3.78. The molecular formula is C24H20N2O5S. The normalized spacial score (nSPS) is 13.2. The Bertz CT molecular complexity index is 1330. The molecule has 0 radical (unpaired) electrons. The van der Waals surface area contributed by atoms with Gasteiger partial charge in [-0.25, -0.2) is 8.42 Å². The Morgan fingerprint density at radius 1 is 0.875 bits per heavy atom. The Balaban J connectivity index is 1.51. The zero-order chi connectivity index (χ0) is 22.9. The van der Waals surface area contributed by atoms with Crippen LogP contribution in [0.15, 0.2) is 77.7 Å². The molecule has 1 heterocycles. The van der Waals surface area contributed by atoms with Crippen LogP contribution < -0.4 is 5.32 Å². The molecule has 162 valence electrons. The van der Waals surface area contributed by atoms with Gasteiger partial charge in [0.25, 0.3) is 17.7 Å². The number of carbonyl (C=O) groups excluding carboxylic acids is 3. The van der Waals surface area contributed by atoms with Crippen molar-refractivity contribution in [3.8, 4) is 0 Å². The molecule has 32 heavy (non-hydrogen) atoms. The molecule has 0 saturated heterocycles. The van der Waals surface area contributed by atoms with Gasteiger partial charge in [0.05, 0.1) is 16.0 Å². The molecule has 0 bridgehead atoms. The molecule has 1 N–H and O–H groups in total. The van der Waals surface area contributed by atoms with Crippen molar-refractivity contribution < 1.29 is 22.8 Å². The number of rotatable bonds is 6. The van der Waals surface area contributed by atoms with E-state index < -0.39 is 21.7 Å². The lowest BCUT2D eigenvalue weighted by Gasteiger charge is -2.13. The smallest absolute Gasteiger partial charge is 0.261 e. The van der Waals surface area contributed by atoms with Crippen LogP contribution in [0.2, 0.25) is 0 Å². The summed E-state index contributed by atoms with van der Waals surface area (Å²) in [6.07, 6.45) is 1.62. The first-order chi connectivity index (χ1) is 15.2. The van der Waals surface area contributed by atoms with E-state index in [0.29, 0.717) is 12.1 Å². The Morgan fingerprint density at radius 3 is 2.31 bits per heavy atom. The number of carbonyl (C=O) groups is 3. The standard InChI is InChI=1S/C24H20N2O5S/c1-32(30,31)19-9-5-8-18(15-19)25-22(27)17-10-11-20-21(14-17)24(29)26(23(20)28)13-12-16-6-3-2-4-7-16/h2-11,14-15H,12-13H2,1H3,(H,25,27). The van der Waals surface area contributed by atoms with Gasteiger partial charge in [0.15, 0.2) is 9.84 Å². The van der Waals surface area contributed by atoms with Gasteiger partial charge < -0.3 is 5.32 Å². The summed E-state index contributed by atoms with van der Waals surface area (Å²) in [5.74, 6) is -1.33. The molecule has 0 aromatic heterocycles. The van der Waals surface area contributed by atoms with Crippen molar-refractivity contribution in [2.24, 2.45) is 0 Å². The van der Waals surface area contributed by atoms with Crippen LogP contribution in [0.4, 0.5) is 5.69 Å². The predicted octanol–water partition coefficient (Wildman–Crippen LogP) is 3.18. The molecule has 3 aromatic rings. The van der Waals surface area contributed by atoms with Gasteiger partial charge in [-0.3, -0.25) is 19.3 Å². The van der Waals surface area contributed by atoms with E-state index in [2.05, 4.69) is 5.32 Å². The second-order valence-corrected chi connectivity index (χ2v) is 9.53. The molecule has 1 aliphatic heterocycles. The van der Waals surface area contributed by atoms with Crippen LogP contribution in [0.3, 0.4) is 0 Å². The maximum absolute atomic E-state index is 12.8.